The summed E-state index contributed by atoms with van der Waals surface area (Å²) < 4.78 is 2.44. The van der Waals surface area contributed by atoms with Gasteiger partial charge in [-0.1, -0.05) is 26.2 Å². The summed E-state index contributed by atoms with van der Waals surface area (Å²) >= 11 is 0. The number of nitrogens with two attached hydrogens (primary N) is 1. The molecule has 2 heterocycles. The van der Waals surface area contributed by atoms with Crippen LogP contribution in [0.5, 0.6) is 0 Å². The fourth-order valence-corrected chi connectivity index (χ4v) is 3.86. The van der Waals surface area contributed by atoms with Gasteiger partial charge in [-0.25, -0.2) is 9.97 Å². The summed E-state index contributed by atoms with van der Waals surface area (Å²) in [5, 5.41) is 1.05. The Labute approximate surface area is 120 Å². The Morgan fingerprint density at radius 2 is 2.00 bits per heavy atom. The third-order valence-corrected chi connectivity index (χ3v) is 5.09. The summed E-state index contributed by atoms with van der Waals surface area (Å²) in [6.45, 7) is 6.63. The topological polar surface area (TPSA) is 56.7 Å². The third kappa shape index (κ3) is 1.89. The Morgan fingerprint density at radius 1 is 1.25 bits per heavy atom. The molecular weight excluding hydrogens is 248 g/mol. The van der Waals surface area contributed by atoms with Gasteiger partial charge < -0.3 is 10.3 Å². The van der Waals surface area contributed by atoms with Crippen molar-refractivity contribution in [2.45, 2.75) is 58.9 Å². The Balaban J connectivity index is 2.20. The van der Waals surface area contributed by atoms with Crippen LogP contribution in [-0.4, -0.2) is 14.5 Å². The minimum atomic E-state index is 0.569. The zero-order chi connectivity index (χ0) is 14.3. The van der Waals surface area contributed by atoms with Crippen molar-refractivity contribution in [3.05, 3.63) is 17.6 Å². The fourth-order valence-electron chi connectivity index (χ4n) is 3.86. The van der Waals surface area contributed by atoms with Crippen molar-refractivity contribution in [2.75, 3.05) is 5.73 Å². The van der Waals surface area contributed by atoms with E-state index >= 15 is 0 Å². The lowest BCUT2D eigenvalue weighted by atomic mass is 9.82. The first-order valence-corrected chi connectivity index (χ1v) is 7.72. The second-order valence-electron chi connectivity index (χ2n) is 6.06. The summed E-state index contributed by atoms with van der Waals surface area (Å²) in [6, 6.07) is 0.569. The van der Waals surface area contributed by atoms with Crippen LogP contribution >= 0.6 is 0 Å². The van der Waals surface area contributed by atoms with Gasteiger partial charge in [0.1, 0.15) is 17.8 Å². The quantitative estimate of drug-likeness (QED) is 0.905. The molecular formula is C16H24N4. The standard InChI is InChI=1S/C16H24N4/c1-4-12-7-5-6-8-13(12)20-11(3)10(2)14-15(17)18-9-19-16(14)20/h9,12-13H,4-8H2,1-3H3,(H2,17,18,19). The maximum atomic E-state index is 6.07. The zero-order valence-corrected chi connectivity index (χ0v) is 12.7. The van der Waals surface area contributed by atoms with Crippen molar-refractivity contribution in [1.29, 1.82) is 0 Å². The molecule has 4 nitrogen and oxygen atoms in total. The van der Waals surface area contributed by atoms with Gasteiger partial charge in [0.25, 0.3) is 0 Å². The molecule has 2 aromatic rings. The first-order valence-electron chi connectivity index (χ1n) is 7.72. The van der Waals surface area contributed by atoms with E-state index in [-0.39, 0.29) is 0 Å². The van der Waals surface area contributed by atoms with Crippen molar-refractivity contribution < 1.29 is 0 Å². The lowest BCUT2D eigenvalue weighted by Gasteiger charge is -2.33. The van der Waals surface area contributed by atoms with E-state index in [0.717, 1.165) is 17.0 Å². The van der Waals surface area contributed by atoms with Gasteiger partial charge in [0.05, 0.1) is 5.39 Å². The lowest BCUT2D eigenvalue weighted by Crippen LogP contribution is -2.24. The van der Waals surface area contributed by atoms with Crippen LogP contribution in [-0.2, 0) is 0 Å². The highest BCUT2D eigenvalue weighted by Crippen LogP contribution is 2.40. The highest BCUT2D eigenvalue weighted by Gasteiger charge is 2.29. The number of nitrogen functional groups attached to an aromatic ring is 1. The van der Waals surface area contributed by atoms with Gasteiger partial charge in [-0.15, -0.1) is 0 Å². The highest BCUT2D eigenvalue weighted by molar-refractivity contribution is 5.90. The van der Waals surface area contributed by atoms with Crippen molar-refractivity contribution in [3.63, 3.8) is 0 Å². The SMILES string of the molecule is CCC1CCCCC1n1c(C)c(C)c2c(N)ncnc21. The molecule has 20 heavy (non-hydrogen) atoms. The van der Waals surface area contributed by atoms with Crippen LogP contribution in [0.1, 0.15) is 56.3 Å². The van der Waals surface area contributed by atoms with Crippen LogP contribution in [0.3, 0.4) is 0 Å². The van der Waals surface area contributed by atoms with E-state index in [9.17, 15) is 0 Å². The van der Waals surface area contributed by atoms with Gasteiger partial charge in [0, 0.05) is 11.7 Å². The molecule has 1 aliphatic rings. The normalized spacial score (nSPS) is 23.4. The number of hydrogen-bond donors (Lipinski definition) is 1. The third-order valence-electron chi connectivity index (χ3n) is 5.09. The van der Waals surface area contributed by atoms with Gasteiger partial charge in [-0.2, -0.15) is 0 Å². The molecule has 2 aromatic heterocycles. The largest absolute Gasteiger partial charge is 0.383 e. The molecule has 0 aliphatic heterocycles. The molecule has 2 atom stereocenters. The van der Waals surface area contributed by atoms with E-state index in [1.54, 1.807) is 6.33 Å². The molecule has 3 rings (SSSR count). The summed E-state index contributed by atoms with van der Waals surface area (Å²) in [4.78, 5) is 8.70. The second kappa shape index (κ2) is 5.08. The Kier molecular flexibility index (Phi) is 3.40. The van der Waals surface area contributed by atoms with Crippen molar-refractivity contribution in [1.82, 2.24) is 14.5 Å². The summed E-state index contributed by atoms with van der Waals surface area (Å²) in [7, 11) is 0. The smallest absolute Gasteiger partial charge is 0.146 e. The van der Waals surface area contributed by atoms with Gasteiger partial charge in [0.2, 0.25) is 0 Å². The average molecular weight is 272 g/mol. The molecule has 1 saturated carbocycles. The van der Waals surface area contributed by atoms with E-state index < -0.39 is 0 Å². The van der Waals surface area contributed by atoms with E-state index in [1.807, 2.05) is 0 Å². The van der Waals surface area contributed by atoms with Crippen LogP contribution < -0.4 is 5.73 Å². The molecule has 0 bridgehead atoms. The minimum Gasteiger partial charge on any atom is -0.383 e. The minimum absolute atomic E-state index is 0.569. The molecule has 0 spiro atoms. The molecule has 1 aliphatic carbocycles. The Morgan fingerprint density at radius 3 is 2.75 bits per heavy atom. The van der Waals surface area contributed by atoms with E-state index in [2.05, 4.69) is 35.3 Å². The number of rotatable bonds is 2. The molecule has 2 N–H and O–H groups in total. The van der Waals surface area contributed by atoms with Crippen LogP contribution in [0.2, 0.25) is 0 Å². The number of aryl methyl sites for hydroxylation is 1. The first kappa shape index (κ1) is 13.4. The van der Waals surface area contributed by atoms with Gasteiger partial charge in [0.15, 0.2) is 0 Å². The van der Waals surface area contributed by atoms with Crippen LogP contribution in [0.25, 0.3) is 11.0 Å². The molecule has 0 aromatic carbocycles. The highest BCUT2D eigenvalue weighted by atomic mass is 15.1. The molecule has 108 valence electrons. The van der Waals surface area contributed by atoms with Gasteiger partial charge in [-0.05, 0) is 38.2 Å². The van der Waals surface area contributed by atoms with E-state index in [0.29, 0.717) is 11.9 Å². The number of anilines is 1. The predicted octanol–water partition coefficient (Wildman–Crippen LogP) is 3.77. The van der Waals surface area contributed by atoms with Crippen molar-refractivity contribution in [2.24, 2.45) is 5.92 Å². The molecule has 0 saturated heterocycles. The average Bonchev–Trinajstić information content (AvgIpc) is 2.72. The molecule has 0 amide bonds. The summed E-state index contributed by atoms with van der Waals surface area (Å²) in [5.74, 6) is 1.37. The Bertz CT molecular complexity index is 629. The number of nitrogens with zero attached hydrogens (tertiary/aromatic N) is 3. The molecule has 1 fully saturated rings. The summed E-state index contributed by atoms with van der Waals surface area (Å²) in [5.41, 5.74) is 9.64. The maximum absolute atomic E-state index is 6.07. The Hall–Kier alpha value is -1.58. The zero-order valence-electron chi connectivity index (χ0n) is 12.7. The van der Waals surface area contributed by atoms with E-state index in [4.69, 9.17) is 5.73 Å². The van der Waals surface area contributed by atoms with Gasteiger partial charge in [-0.3, -0.25) is 0 Å². The summed E-state index contributed by atoms with van der Waals surface area (Å²) in [6.07, 6.45) is 8.11. The van der Waals surface area contributed by atoms with Gasteiger partial charge >= 0.3 is 0 Å². The van der Waals surface area contributed by atoms with E-state index in [1.165, 1.54) is 43.4 Å². The van der Waals surface area contributed by atoms with Crippen molar-refractivity contribution in [3.8, 4) is 0 Å². The predicted molar refractivity (Wildman–Crippen MR) is 82.7 cm³/mol. The molecule has 2 unspecified atom stereocenters. The second-order valence-corrected chi connectivity index (χ2v) is 6.06. The number of aromatic nitrogens is 3. The van der Waals surface area contributed by atoms with Crippen LogP contribution in [0, 0.1) is 19.8 Å². The molecule has 0 radical (unpaired) electrons. The van der Waals surface area contributed by atoms with Crippen LogP contribution in [0.15, 0.2) is 6.33 Å². The van der Waals surface area contributed by atoms with Crippen LogP contribution in [0.4, 0.5) is 5.82 Å². The van der Waals surface area contributed by atoms with Crippen molar-refractivity contribution >= 4 is 16.9 Å². The lowest BCUT2D eigenvalue weighted by molar-refractivity contribution is 0.234. The maximum Gasteiger partial charge on any atom is 0.146 e. The monoisotopic (exact) mass is 272 g/mol. The molecule has 4 heteroatoms. The fraction of sp³-hybridized carbons (Fsp3) is 0.625. The number of fused-ring (bicyclic) bond motifs is 1. The first-order chi connectivity index (χ1) is 9.65. The number of hydrogen-bond acceptors (Lipinski definition) is 3.